The maximum atomic E-state index is 13.6. The summed E-state index contributed by atoms with van der Waals surface area (Å²) in [5.74, 6) is -0.229. The lowest BCUT2D eigenvalue weighted by atomic mass is 10.1. The highest BCUT2D eigenvalue weighted by atomic mass is 19.1. The van der Waals surface area contributed by atoms with Crippen LogP contribution >= 0.6 is 0 Å². The molecule has 1 aromatic carbocycles. The molecule has 1 N–H and O–H groups in total. The van der Waals surface area contributed by atoms with Gasteiger partial charge in [-0.1, -0.05) is 6.07 Å². The van der Waals surface area contributed by atoms with Crippen molar-refractivity contribution in [3.63, 3.8) is 0 Å². The molecule has 3 rings (SSSR count). The van der Waals surface area contributed by atoms with Crippen molar-refractivity contribution in [2.75, 3.05) is 13.1 Å². The van der Waals surface area contributed by atoms with E-state index < -0.39 is 0 Å². The summed E-state index contributed by atoms with van der Waals surface area (Å²) < 4.78 is 13.6. The number of pyridine rings is 1. The van der Waals surface area contributed by atoms with Gasteiger partial charge in [-0.05, 0) is 43.1 Å². The van der Waals surface area contributed by atoms with Crippen LogP contribution in [0.4, 0.5) is 4.39 Å². The third-order valence-corrected chi connectivity index (χ3v) is 3.62. The lowest BCUT2D eigenvalue weighted by molar-refractivity contribution is 0.0670. The average Bonchev–Trinajstić information content (AvgIpc) is 2.38. The summed E-state index contributed by atoms with van der Waals surface area (Å²) in [4.78, 5) is 6.51. The molecule has 2 heterocycles. The summed E-state index contributed by atoms with van der Waals surface area (Å²) >= 11 is 0. The number of rotatable bonds is 2. The zero-order valence-electron chi connectivity index (χ0n) is 10.7. The average molecular weight is 260 g/mol. The number of hydrogen-bond acceptors (Lipinski definition) is 3. The second kappa shape index (κ2) is 5.23. The molecule has 1 aromatic heterocycles. The van der Waals surface area contributed by atoms with Crippen LogP contribution < -0.4 is 0 Å². The summed E-state index contributed by atoms with van der Waals surface area (Å²) in [6, 6.07) is 6.75. The van der Waals surface area contributed by atoms with Gasteiger partial charge < -0.3 is 5.11 Å². The highest BCUT2D eigenvalue weighted by Gasteiger charge is 2.18. The molecule has 1 aliphatic rings. The smallest absolute Gasteiger partial charge is 0.124 e. The molecule has 1 saturated heterocycles. The maximum absolute atomic E-state index is 13.6. The zero-order chi connectivity index (χ0) is 13.2. The molecular formula is C15H17FN2O. The molecular weight excluding hydrogens is 243 g/mol. The molecule has 0 bridgehead atoms. The van der Waals surface area contributed by atoms with Crippen LogP contribution in [0.3, 0.4) is 0 Å². The minimum atomic E-state index is -0.262. The number of benzene rings is 1. The van der Waals surface area contributed by atoms with Crippen LogP contribution in [0.25, 0.3) is 10.9 Å². The Morgan fingerprint density at radius 3 is 3.16 bits per heavy atom. The van der Waals surface area contributed by atoms with Crippen LogP contribution in [-0.2, 0) is 6.54 Å². The van der Waals surface area contributed by atoms with E-state index in [2.05, 4.69) is 9.88 Å². The molecule has 1 aliphatic heterocycles. The molecule has 1 fully saturated rings. The first-order valence-corrected chi connectivity index (χ1v) is 6.66. The number of aliphatic hydroxyl groups is 1. The third kappa shape index (κ3) is 2.74. The Labute approximate surface area is 111 Å². The van der Waals surface area contributed by atoms with E-state index in [9.17, 15) is 9.50 Å². The zero-order valence-corrected chi connectivity index (χ0v) is 10.7. The number of aromatic nitrogens is 1. The number of hydrogen-bond donors (Lipinski definition) is 1. The van der Waals surface area contributed by atoms with Gasteiger partial charge in [0.1, 0.15) is 5.82 Å². The van der Waals surface area contributed by atoms with Gasteiger partial charge in [0, 0.05) is 24.7 Å². The van der Waals surface area contributed by atoms with Crippen molar-refractivity contribution in [1.82, 2.24) is 9.88 Å². The number of nitrogens with zero attached hydrogens (tertiary/aromatic N) is 2. The van der Waals surface area contributed by atoms with Crippen LogP contribution in [0.5, 0.6) is 0 Å². The van der Waals surface area contributed by atoms with E-state index in [4.69, 9.17) is 0 Å². The predicted octanol–water partition coefficient (Wildman–Crippen LogP) is 2.33. The molecule has 4 heteroatoms. The van der Waals surface area contributed by atoms with E-state index in [1.54, 1.807) is 12.3 Å². The van der Waals surface area contributed by atoms with Crippen LogP contribution in [-0.4, -0.2) is 34.2 Å². The van der Waals surface area contributed by atoms with Crippen LogP contribution in [0, 0.1) is 5.82 Å². The molecule has 0 radical (unpaired) electrons. The van der Waals surface area contributed by atoms with Crippen molar-refractivity contribution in [2.24, 2.45) is 0 Å². The summed E-state index contributed by atoms with van der Waals surface area (Å²) in [6.07, 6.45) is 3.32. The summed E-state index contributed by atoms with van der Waals surface area (Å²) in [5.41, 5.74) is 1.74. The quantitative estimate of drug-likeness (QED) is 0.900. The second-order valence-electron chi connectivity index (χ2n) is 5.17. The third-order valence-electron chi connectivity index (χ3n) is 3.62. The molecule has 1 unspecified atom stereocenters. The highest BCUT2D eigenvalue weighted by molar-refractivity contribution is 5.81. The molecule has 0 amide bonds. The number of piperidine rings is 1. The maximum Gasteiger partial charge on any atom is 0.124 e. The molecule has 0 aliphatic carbocycles. The molecule has 1 atom stereocenters. The topological polar surface area (TPSA) is 36.4 Å². The molecule has 3 nitrogen and oxygen atoms in total. The van der Waals surface area contributed by atoms with Crippen LogP contribution in [0.1, 0.15) is 18.4 Å². The first-order chi connectivity index (χ1) is 9.22. The van der Waals surface area contributed by atoms with Crippen molar-refractivity contribution in [3.8, 4) is 0 Å². The molecule has 0 saturated carbocycles. The van der Waals surface area contributed by atoms with Gasteiger partial charge in [0.2, 0.25) is 0 Å². The molecule has 0 spiro atoms. The monoisotopic (exact) mass is 260 g/mol. The van der Waals surface area contributed by atoms with Crippen LogP contribution in [0.2, 0.25) is 0 Å². The van der Waals surface area contributed by atoms with E-state index in [1.165, 1.54) is 6.07 Å². The summed E-state index contributed by atoms with van der Waals surface area (Å²) in [6.45, 7) is 2.25. The normalized spacial score (nSPS) is 20.8. The van der Waals surface area contributed by atoms with Gasteiger partial charge in [-0.15, -0.1) is 0 Å². The fourth-order valence-electron chi connectivity index (χ4n) is 2.76. The Bertz CT molecular complexity index is 587. The molecule has 100 valence electrons. The fourth-order valence-corrected chi connectivity index (χ4v) is 2.76. The molecule has 2 aromatic rings. The SMILES string of the molecule is OC1CCCN(Cc2cc(F)cc3cccnc23)C1. The Hall–Kier alpha value is -1.52. The largest absolute Gasteiger partial charge is 0.392 e. The Morgan fingerprint density at radius 2 is 2.32 bits per heavy atom. The van der Waals surface area contributed by atoms with Crippen molar-refractivity contribution < 1.29 is 9.50 Å². The number of aliphatic hydroxyl groups excluding tert-OH is 1. The first-order valence-electron chi connectivity index (χ1n) is 6.66. The standard InChI is InChI=1S/C15H17FN2O/c16-13-7-11-3-1-5-17-15(11)12(8-13)9-18-6-2-4-14(19)10-18/h1,3,5,7-8,14,19H,2,4,6,9-10H2. The van der Waals surface area contributed by atoms with Gasteiger partial charge >= 0.3 is 0 Å². The van der Waals surface area contributed by atoms with Crippen molar-refractivity contribution in [3.05, 3.63) is 41.8 Å². The Kier molecular flexibility index (Phi) is 3.44. The van der Waals surface area contributed by atoms with E-state index in [-0.39, 0.29) is 11.9 Å². The Morgan fingerprint density at radius 1 is 1.42 bits per heavy atom. The minimum absolute atomic E-state index is 0.229. The number of β-amino-alcohol motifs (C(OH)–C–C–N with tert-alkyl or cyclic N) is 1. The summed E-state index contributed by atoms with van der Waals surface area (Å²) in [5, 5.41) is 10.5. The Balaban J connectivity index is 1.91. The molecule has 19 heavy (non-hydrogen) atoms. The fraction of sp³-hybridized carbons (Fsp3) is 0.400. The van der Waals surface area contributed by atoms with E-state index in [0.717, 1.165) is 35.9 Å². The van der Waals surface area contributed by atoms with E-state index in [0.29, 0.717) is 13.1 Å². The van der Waals surface area contributed by atoms with Gasteiger partial charge in [0.05, 0.1) is 11.6 Å². The van der Waals surface area contributed by atoms with Gasteiger partial charge in [-0.3, -0.25) is 9.88 Å². The lowest BCUT2D eigenvalue weighted by Gasteiger charge is -2.30. The summed E-state index contributed by atoms with van der Waals surface area (Å²) in [7, 11) is 0. The van der Waals surface area contributed by atoms with Gasteiger partial charge in [-0.25, -0.2) is 4.39 Å². The second-order valence-corrected chi connectivity index (χ2v) is 5.17. The van der Waals surface area contributed by atoms with Crippen molar-refractivity contribution in [1.29, 1.82) is 0 Å². The minimum Gasteiger partial charge on any atom is -0.392 e. The van der Waals surface area contributed by atoms with E-state index in [1.807, 2.05) is 12.1 Å². The van der Waals surface area contributed by atoms with Crippen LogP contribution in [0.15, 0.2) is 30.5 Å². The van der Waals surface area contributed by atoms with Gasteiger partial charge in [0.15, 0.2) is 0 Å². The number of fused-ring (bicyclic) bond motifs is 1. The number of halogens is 1. The first kappa shape index (κ1) is 12.5. The van der Waals surface area contributed by atoms with Gasteiger partial charge in [-0.2, -0.15) is 0 Å². The highest BCUT2D eigenvalue weighted by Crippen LogP contribution is 2.21. The lowest BCUT2D eigenvalue weighted by Crippen LogP contribution is -2.37. The van der Waals surface area contributed by atoms with E-state index >= 15 is 0 Å². The number of likely N-dealkylation sites (tertiary alicyclic amines) is 1. The predicted molar refractivity (Wildman–Crippen MR) is 72.2 cm³/mol. The van der Waals surface area contributed by atoms with Crippen molar-refractivity contribution >= 4 is 10.9 Å². The van der Waals surface area contributed by atoms with Crippen molar-refractivity contribution in [2.45, 2.75) is 25.5 Å². The van der Waals surface area contributed by atoms with Gasteiger partial charge in [0.25, 0.3) is 0 Å².